The predicted octanol–water partition coefficient (Wildman–Crippen LogP) is 5.31. The minimum atomic E-state index is -0.0397. The third-order valence-corrected chi connectivity index (χ3v) is 6.44. The lowest BCUT2D eigenvalue weighted by Crippen LogP contribution is -2.35. The highest BCUT2D eigenvalue weighted by molar-refractivity contribution is 7.98. The fraction of sp³-hybridized carbons (Fsp3) is 0.333. The largest absolute Gasteiger partial charge is 0.288 e. The van der Waals surface area contributed by atoms with Crippen molar-refractivity contribution in [1.29, 1.82) is 0 Å². The number of aromatic nitrogens is 1. The van der Waals surface area contributed by atoms with E-state index < -0.39 is 0 Å². The van der Waals surface area contributed by atoms with Crippen molar-refractivity contribution in [3.8, 4) is 0 Å². The second-order valence-electron chi connectivity index (χ2n) is 5.80. The van der Waals surface area contributed by atoms with Gasteiger partial charge in [0, 0.05) is 22.2 Å². The van der Waals surface area contributed by atoms with Crippen LogP contribution < -0.4 is 4.90 Å². The molecule has 0 atom stereocenters. The van der Waals surface area contributed by atoms with E-state index in [0.29, 0.717) is 6.54 Å². The number of benzene rings is 1. The van der Waals surface area contributed by atoms with Crippen LogP contribution in [0.15, 0.2) is 40.6 Å². The summed E-state index contributed by atoms with van der Waals surface area (Å²) in [6.45, 7) is 4.56. The van der Waals surface area contributed by atoms with E-state index >= 15 is 0 Å². The highest BCUT2D eigenvalue weighted by atomic mass is 32.2. The summed E-state index contributed by atoms with van der Waals surface area (Å²) in [6.07, 6.45) is 2.93. The van der Waals surface area contributed by atoms with Gasteiger partial charge in [0.05, 0.1) is 10.2 Å². The molecule has 0 unspecified atom stereocenters. The molecule has 2 aromatic heterocycles. The molecule has 0 aliphatic heterocycles. The van der Waals surface area contributed by atoms with Gasteiger partial charge in [0.25, 0.3) is 0 Å². The summed E-state index contributed by atoms with van der Waals surface area (Å²) in [7, 11) is 0. The van der Waals surface area contributed by atoms with Gasteiger partial charge in [-0.1, -0.05) is 31.3 Å². The molecule has 1 amide bonds. The summed E-state index contributed by atoms with van der Waals surface area (Å²) in [6, 6.07) is 10.4. The van der Waals surface area contributed by atoms with Crippen LogP contribution >= 0.6 is 34.4 Å². The van der Waals surface area contributed by atoms with Crippen molar-refractivity contribution in [3.05, 3.63) is 40.6 Å². The van der Waals surface area contributed by atoms with E-state index in [-0.39, 0.29) is 11.8 Å². The molecule has 3 nitrogen and oxygen atoms in total. The van der Waals surface area contributed by atoms with Gasteiger partial charge in [-0.15, -0.1) is 23.1 Å². The third-order valence-electron chi connectivity index (χ3n) is 3.74. The van der Waals surface area contributed by atoms with Crippen molar-refractivity contribution < 1.29 is 4.79 Å². The van der Waals surface area contributed by atoms with Gasteiger partial charge >= 0.3 is 0 Å². The Hall–Kier alpha value is -1.37. The topological polar surface area (TPSA) is 33.2 Å². The molecule has 0 fully saturated rings. The molecule has 0 saturated carbocycles. The molecule has 0 N–H and O–H groups in total. The first-order chi connectivity index (χ1) is 11.6. The smallest absolute Gasteiger partial charge is 0.231 e. The standard InChI is InChI=1S/C18H20N2OS3/c1-12(2)17(21)20(9-8-13-5-4-10-23-13)18-19-15-7-6-14(22-3)11-16(15)24-18/h4-7,10-12H,8-9H2,1-3H3. The van der Waals surface area contributed by atoms with E-state index in [0.717, 1.165) is 21.8 Å². The molecule has 0 aliphatic rings. The number of carbonyl (C=O) groups is 1. The number of thiazole rings is 1. The van der Waals surface area contributed by atoms with E-state index in [1.807, 2.05) is 24.8 Å². The van der Waals surface area contributed by atoms with E-state index in [4.69, 9.17) is 4.98 Å². The Morgan fingerprint density at radius 1 is 1.33 bits per heavy atom. The molecule has 6 heteroatoms. The zero-order valence-corrected chi connectivity index (χ0v) is 16.4. The number of anilines is 1. The first kappa shape index (κ1) is 17.5. The molecule has 0 aliphatic carbocycles. The van der Waals surface area contributed by atoms with Gasteiger partial charge in [-0.05, 0) is 42.3 Å². The number of thioether (sulfide) groups is 1. The molecular formula is C18H20N2OS3. The minimum Gasteiger partial charge on any atom is -0.288 e. The number of rotatable bonds is 6. The number of hydrogen-bond acceptors (Lipinski definition) is 5. The van der Waals surface area contributed by atoms with Crippen LogP contribution in [0.4, 0.5) is 5.13 Å². The van der Waals surface area contributed by atoms with Crippen molar-refractivity contribution in [2.45, 2.75) is 25.2 Å². The average Bonchev–Trinajstić information content (AvgIpc) is 3.23. The number of amides is 1. The molecule has 0 bridgehead atoms. The van der Waals surface area contributed by atoms with Gasteiger partial charge in [0.1, 0.15) is 0 Å². The zero-order valence-electron chi connectivity index (χ0n) is 14.0. The quantitative estimate of drug-likeness (QED) is 0.547. The van der Waals surface area contributed by atoms with Crippen LogP contribution in [0.1, 0.15) is 18.7 Å². The number of nitrogens with zero attached hydrogens (tertiary/aromatic N) is 2. The van der Waals surface area contributed by atoms with Crippen LogP contribution in [0.25, 0.3) is 10.2 Å². The summed E-state index contributed by atoms with van der Waals surface area (Å²) in [4.78, 5) is 21.8. The first-order valence-electron chi connectivity index (χ1n) is 7.87. The molecule has 3 aromatic rings. The fourth-order valence-corrected chi connectivity index (χ4v) is 4.67. The van der Waals surface area contributed by atoms with Gasteiger partial charge in [0.15, 0.2) is 5.13 Å². The van der Waals surface area contributed by atoms with Crippen LogP contribution in [-0.4, -0.2) is 23.7 Å². The Labute approximate surface area is 154 Å². The van der Waals surface area contributed by atoms with Crippen LogP contribution in [0, 0.1) is 5.92 Å². The molecule has 126 valence electrons. The van der Waals surface area contributed by atoms with Crippen molar-refractivity contribution in [2.24, 2.45) is 5.92 Å². The maximum Gasteiger partial charge on any atom is 0.231 e. The van der Waals surface area contributed by atoms with Gasteiger partial charge in [0.2, 0.25) is 5.91 Å². The zero-order chi connectivity index (χ0) is 17.1. The Kier molecular flexibility index (Phi) is 5.58. The lowest BCUT2D eigenvalue weighted by Gasteiger charge is -2.21. The molecule has 24 heavy (non-hydrogen) atoms. The average molecular weight is 377 g/mol. The molecule has 3 rings (SSSR count). The Morgan fingerprint density at radius 3 is 2.83 bits per heavy atom. The summed E-state index contributed by atoms with van der Waals surface area (Å²) in [5.74, 6) is 0.0952. The van der Waals surface area contributed by atoms with Crippen LogP contribution in [-0.2, 0) is 11.2 Å². The van der Waals surface area contributed by atoms with Crippen LogP contribution in [0.3, 0.4) is 0 Å². The van der Waals surface area contributed by atoms with Crippen molar-refractivity contribution in [1.82, 2.24) is 4.98 Å². The SMILES string of the molecule is CSc1ccc2nc(N(CCc3cccs3)C(=O)C(C)C)sc2c1. The summed E-state index contributed by atoms with van der Waals surface area (Å²) >= 11 is 5.06. The van der Waals surface area contributed by atoms with Gasteiger partial charge in [-0.3, -0.25) is 9.69 Å². The Balaban J connectivity index is 1.90. The Morgan fingerprint density at radius 2 is 2.17 bits per heavy atom. The number of fused-ring (bicyclic) bond motifs is 1. The van der Waals surface area contributed by atoms with E-state index in [1.54, 1.807) is 34.4 Å². The van der Waals surface area contributed by atoms with E-state index in [9.17, 15) is 4.79 Å². The molecule has 2 heterocycles. The van der Waals surface area contributed by atoms with Gasteiger partial charge in [-0.2, -0.15) is 0 Å². The maximum atomic E-state index is 12.7. The molecular weight excluding hydrogens is 356 g/mol. The molecule has 0 spiro atoms. The van der Waals surface area contributed by atoms with E-state index in [1.165, 1.54) is 9.77 Å². The Bertz CT molecular complexity index is 824. The third kappa shape index (κ3) is 3.82. The molecule has 0 saturated heterocycles. The van der Waals surface area contributed by atoms with Crippen LogP contribution in [0.2, 0.25) is 0 Å². The summed E-state index contributed by atoms with van der Waals surface area (Å²) < 4.78 is 1.13. The summed E-state index contributed by atoms with van der Waals surface area (Å²) in [5, 5.41) is 2.88. The van der Waals surface area contributed by atoms with Crippen LogP contribution in [0.5, 0.6) is 0 Å². The highest BCUT2D eigenvalue weighted by Crippen LogP contribution is 2.32. The van der Waals surface area contributed by atoms with E-state index in [2.05, 4.69) is 35.9 Å². The second-order valence-corrected chi connectivity index (χ2v) is 8.73. The summed E-state index contributed by atoms with van der Waals surface area (Å²) in [5.41, 5.74) is 0.963. The lowest BCUT2D eigenvalue weighted by atomic mass is 10.2. The predicted molar refractivity (Wildman–Crippen MR) is 107 cm³/mol. The normalized spacial score (nSPS) is 11.3. The number of carbonyl (C=O) groups excluding carboxylic acids is 1. The number of thiophene rings is 1. The molecule has 0 radical (unpaired) electrons. The van der Waals surface area contributed by atoms with Crippen molar-refractivity contribution in [3.63, 3.8) is 0 Å². The number of hydrogen-bond donors (Lipinski definition) is 0. The fourth-order valence-electron chi connectivity index (χ4n) is 2.42. The minimum absolute atomic E-state index is 0.0397. The maximum absolute atomic E-state index is 12.7. The molecule has 1 aromatic carbocycles. The monoisotopic (exact) mass is 376 g/mol. The van der Waals surface area contributed by atoms with Crippen molar-refractivity contribution in [2.75, 3.05) is 17.7 Å². The first-order valence-corrected chi connectivity index (χ1v) is 10.8. The van der Waals surface area contributed by atoms with Crippen molar-refractivity contribution >= 4 is 55.7 Å². The van der Waals surface area contributed by atoms with Gasteiger partial charge < -0.3 is 0 Å². The second kappa shape index (κ2) is 7.68. The lowest BCUT2D eigenvalue weighted by molar-refractivity contribution is -0.121. The van der Waals surface area contributed by atoms with Gasteiger partial charge in [-0.25, -0.2) is 4.98 Å². The highest BCUT2D eigenvalue weighted by Gasteiger charge is 2.22.